The lowest BCUT2D eigenvalue weighted by molar-refractivity contribution is -0.220. The number of esters is 2. The average molecular weight is 889 g/mol. The number of allylic oxidation sites excluding steroid dienone is 6. The third-order valence-corrected chi connectivity index (χ3v) is 12.0. The first-order chi connectivity index (χ1) is 29.4. The second-order valence-corrected chi connectivity index (χ2v) is 18.0. The summed E-state index contributed by atoms with van der Waals surface area (Å²) in [6.45, 7) is 3.26. The van der Waals surface area contributed by atoms with Crippen molar-refractivity contribution in [1.82, 2.24) is 0 Å². The predicted octanol–water partition coefficient (Wildman–Crippen LogP) is 9.39. The summed E-state index contributed by atoms with van der Waals surface area (Å²) in [5.74, 6) is -1.15. The van der Waals surface area contributed by atoms with E-state index in [1.54, 1.807) is 0 Å². The first-order valence-corrected chi connectivity index (χ1v) is 25.3. The lowest BCUT2D eigenvalue weighted by Crippen LogP contribution is -2.64. The van der Waals surface area contributed by atoms with Crippen LogP contribution in [0.2, 0.25) is 0 Å². The van der Waals surface area contributed by atoms with Gasteiger partial charge in [0.15, 0.2) is 6.10 Å². The molecule has 0 aliphatic heterocycles. The molecule has 1 fully saturated rings. The van der Waals surface area contributed by atoms with Crippen LogP contribution < -0.4 is 0 Å². The van der Waals surface area contributed by atoms with Crippen molar-refractivity contribution in [3.05, 3.63) is 36.5 Å². The van der Waals surface area contributed by atoms with Crippen LogP contribution in [0, 0.1) is 0 Å². The van der Waals surface area contributed by atoms with Crippen LogP contribution in [0.1, 0.15) is 194 Å². The maximum absolute atomic E-state index is 12.8. The van der Waals surface area contributed by atoms with Gasteiger partial charge < -0.3 is 39.9 Å². The van der Waals surface area contributed by atoms with Gasteiger partial charge in [-0.15, -0.1) is 0 Å². The number of aliphatic hydroxyl groups excluding tert-OH is 5. The van der Waals surface area contributed by atoms with Gasteiger partial charge in [-0.25, -0.2) is 4.57 Å². The van der Waals surface area contributed by atoms with Gasteiger partial charge in [0.1, 0.15) is 43.2 Å². The molecule has 0 saturated heterocycles. The van der Waals surface area contributed by atoms with Crippen molar-refractivity contribution >= 4 is 19.8 Å². The maximum atomic E-state index is 12.8. The Labute approximate surface area is 368 Å². The average Bonchev–Trinajstić information content (AvgIpc) is 3.24. The fourth-order valence-corrected chi connectivity index (χ4v) is 8.10. The van der Waals surface area contributed by atoms with E-state index in [0.29, 0.717) is 19.3 Å². The van der Waals surface area contributed by atoms with Gasteiger partial charge in [-0.2, -0.15) is 0 Å². The van der Waals surface area contributed by atoms with Gasteiger partial charge in [-0.3, -0.25) is 18.6 Å². The number of hydrogen-bond donors (Lipinski definition) is 6. The number of ether oxygens (including phenoxy) is 2. The number of hydrogen-bond acceptors (Lipinski definition) is 12. The largest absolute Gasteiger partial charge is 0.472 e. The molecule has 6 N–H and O–H groups in total. The van der Waals surface area contributed by atoms with Crippen LogP contribution in [0.3, 0.4) is 0 Å². The highest BCUT2D eigenvalue weighted by Gasteiger charge is 2.51. The van der Waals surface area contributed by atoms with Gasteiger partial charge in [-0.1, -0.05) is 172 Å². The zero-order valence-electron chi connectivity index (χ0n) is 37.7. The van der Waals surface area contributed by atoms with Gasteiger partial charge in [0.05, 0.1) is 6.61 Å². The molecule has 1 aliphatic rings. The molecule has 1 saturated carbocycles. The molecule has 0 amide bonds. The number of unbranched alkanes of at least 4 members (excludes halogenated alkanes) is 21. The molecule has 0 aromatic rings. The standard InChI is InChI=1S/C47H85O13P/c1-3-5-7-9-11-13-15-17-19-20-22-23-25-27-29-31-33-35-40(48)57-37-39(38-58-61(55,56)60-47-45(53)43(51)42(50)44(52)46(47)54)59-41(49)36-34-32-30-28-26-24-21-18-16-14-12-10-8-6-4-2/h17,19,22-23,27,29,39,42-47,50-54H,3-16,18,20-21,24-26,28,30-38H2,1-2H3,(H,55,56)/t39-,42?,43-,44?,45?,46?,47?/m1/s1. The van der Waals surface area contributed by atoms with Crippen molar-refractivity contribution in [3.8, 4) is 0 Å². The summed E-state index contributed by atoms with van der Waals surface area (Å²) in [5.41, 5.74) is 0. The molecule has 13 nitrogen and oxygen atoms in total. The monoisotopic (exact) mass is 889 g/mol. The minimum absolute atomic E-state index is 0.0893. The molecular formula is C47H85O13P. The number of carbonyl (C=O) groups is 2. The minimum atomic E-state index is -5.13. The molecule has 61 heavy (non-hydrogen) atoms. The van der Waals surface area contributed by atoms with E-state index in [2.05, 4.69) is 38.2 Å². The van der Waals surface area contributed by atoms with E-state index in [9.17, 15) is 44.6 Å². The lowest BCUT2D eigenvalue weighted by Gasteiger charge is -2.41. The molecule has 14 heteroatoms. The summed E-state index contributed by atoms with van der Waals surface area (Å²) in [7, 11) is -5.13. The molecule has 1 aliphatic carbocycles. The van der Waals surface area contributed by atoms with Crippen molar-refractivity contribution in [2.24, 2.45) is 0 Å². The van der Waals surface area contributed by atoms with Crippen LogP contribution in [-0.2, 0) is 32.7 Å². The predicted molar refractivity (Wildman–Crippen MR) is 240 cm³/mol. The molecule has 0 heterocycles. The Morgan fingerprint density at radius 3 is 1.39 bits per heavy atom. The van der Waals surface area contributed by atoms with Gasteiger partial charge in [0.2, 0.25) is 0 Å². The van der Waals surface area contributed by atoms with E-state index < -0.39 is 75.7 Å². The summed E-state index contributed by atoms with van der Waals surface area (Å²) in [6, 6.07) is 0. The number of aliphatic hydroxyl groups is 5. The van der Waals surface area contributed by atoms with Crippen LogP contribution in [0.4, 0.5) is 0 Å². The van der Waals surface area contributed by atoms with E-state index in [0.717, 1.165) is 44.9 Å². The molecule has 8 atom stereocenters. The van der Waals surface area contributed by atoms with Crippen LogP contribution in [0.5, 0.6) is 0 Å². The lowest BCUT2D eigenvalue weighted by atomic mass is 9.85. The normalized spacial score (nSPS) is 22.3. The zero-order valence-corrected chi connectivity index (χ0v) is 38.6. The van der Waals surface area contributed by atoms with Crippen LogP contribution in [0.15, 0.2) is 36.5 Å². The Balaban J connectivity index is 2.48. The van der Waals surface area contributed by atoms with Crippen molar-refractivity contribution in [2.45, 2.75) is 236 Å². The number of phosphoric acid groups is 1. The Morgan fingerprint density at radius 2 is 0.902 bits per heavy atom. The van der Waals surface area contributed by atoms with Crippen LogP contribution in [0.25, 0.3) is 0 Å². The first-order valence-electron chi connectivity index (χ1n) is 23.8. The van der Waals surface area contributed by atoms with Crippen molar-refractivity contribution in [2.75, 3.05) is 13.2 Å². The minimum Gasteiger partial charge on any atom is -0.462 e. The smallest absolute Gasteiger partial charge is 0.462 e. The topological polar surface area (TPSA) is 210 Å². The van der Waals surface area contributed by atoms with E-state index >= 15 is 0 Å². The maximum Gasteiger partial charge on any atom is 0.472 e. The SMILES string of the molecule is CCCCCCCCC=CCC=CCC=CCCCC(=O)OC[C@H](COP(=O)(O)OC1C(O)C(O)C(O)[C@@H](O)C1O)OC(=O)CCCCCCCCCCCCCCCCC. The Hall–Kier alpha value is -1.93. The molecular weight excluding hydrogens is 803 g/mol. The van der Waals surface area contributed by atoms with Crippen molar-refractivity contribution in [3.63, 3.8) is 0 Å². The molecule has 0 radical (unpaired) electrons. The summed E-state index contributed by atoms with van der Waals surface area (Å²) < 4.78 is 33.5. The number of phosphoric ester groups is 1. The third-order valence-electron chi connectivity index (χ3n) is 11.0. The number of carbonyl (C=O) groups excluding carboxylic acids is 2. The van der Waals surface area contributed by atoms with Crippen LogP contribution in [-0.4, -0.2) is 98.3 Å². The third kappa shape index (κ3) is 30.0. The van der Waals surface area contributed by atoms with Gasteiger partial charge in [0, 0.05) is 12.8 Å². The Morgan fingerprint density at radius 1 is 0.508 bits per heavy atom. The summed E-state index contributed by atoms with van der Waals surface area (Å²) in [6.07, 6.45) is 29.2. The van der Waals surface area contributed by atoms with Gasteiger partial charge >= 0.3 is 19.8 Å². The number of rotatable bonds is 39. The molecule has 0 aromatic carbocycles. The zero-order chi connectivity index (χ0) is 45.0. The molecule has 1 rings (SSSR count). The van der Waals surface area contributed by atoms with Crippen LogP contribution >= 0.6 is 7.82 Å². The van der Waals surface area contributed by atoms with E-state index in [1.165, 1.54) is 103 Å². The Bertz CT molecular complexity index is 1210. The highest BCUT2D eigenvalue weighted by Crippen LogP contribution is 2.47. The fraction of sp³-hybridized carbons (Fsp3) is 0.830. The molecule has 0 bridgehead atoms. The summed E-state index contributed by atoms with van der Waals surface area (Å²) >= 11 is 0. The quantitative estimate of drug-likeness (QED) is 0.0147. The first kappa shape index (κ1) is 57.1. The van der Waals surface area contributed by atoms with Crippen molar-refractivity contribution in [1.29, 1.82) is 0 Å². The van der Waals surface area contributed by atoms with Gasteiger partial charge in [0.25, 0.3) is 0 Å². The van der Waals surface area contributed by atoms with E-state index in [-0.39, 0.29) is 12.8 Å². The van der Waals surface area contributed by atoms with Crippen molar-refractivity contribution < 1.29 is 63.1 Å². The second kappa shape index (κ2) is 37.4. The molecule has 356 valence electrons. The summed E-state index contributed by atoms with van der Waals surface area (Å²) in [4.78, 5) is 35.7. The van der Waals surface area contributed by atoms with E-state index in [4.69, 9.17) is 18.5 Å². The molecule has 6 unspecified atom stereocenters. The highest BCUT2D eigenvalue weighted by molar-refractivity contribution is 7.47. The van der Waals surface area contributed by atoms with Gasteiger partial charge in [-0.05, 0) is 44.9 Å². The second-order valence-electron chi connectivity index (χ2n) is 16.6. The molecule has 0 spiro atoms. The fourth-order valence-electron chi connectivity index (χ4n) is 7.13. The highest BCUT2D eigenvalue weighted by atomic mass is 31.2. The van der Waals surface area contributed by atoms with E-state index in [1.807, 2.05) is 12.2 Å². The molecule has 0 aromatic heterocycles. The summed E-state index contributed by atoms with van der Waals surface area (Å²) in [5, 5.41) is 50.1. The Kier molecular flexibility index (Phi) is 35.0.